The number of amidine groups is 1. The number of sulfonamides is 1. The van der Waals surface area contributed by atoms with E-state index in [1.807, 2.05) is 6.92 Å². The van der Waals surface area contributed by atoms with Crippen molar-refractivity contribution >= 4 is 54.6 Å². The molecule has 1 aliphatic heterocycles. The molecule has 0 amide bonds. The van der Waals surface area contributed by atoms with Crippen molar-refractivity contribution < 1.29 is 12.6 Å². The Morgan fingerprint density at radius 2 is 2.29 bits per heavy atom. The van der Waals surface area contributed by atoms with E-state index in [-0.39, 0.29) is 9.38 Å². The van der Waals surface area contributed by atoms with Crippen LogP contribution in [0.5, 0.6) is 0 Å². The molecule has 9 heteroatoms. The first kappa shape index (κ1) is 13.0. The van der Waals surface area contributed by atoms with E-state index in [9.17, 15) is 12.6 Å². The van der Waals surface area contributed by atoms with Gasteiger partial charge in [0.1, 0.15) is 0 Å². The molecule has 1 aromatic heterocycles. The van der Waals surface area contributed by atoms with Gasteiger partial charge in [-0.05, 0) is 12.5 Å². The Hall–Kier alpha value is -0.440. The molecule has 17 heavy (non-hydrogen) atoms. The first-order valence-electron chi connectivity index (χ1n) is 4.73. The second-order valence-corrected chi connectivity index (χ2v) is 8.27. The SMILES string of the molecule is CCCS(=O)C1=NS(=O)(=O)c2sc(Cl)cc2N1. The first-order chi connectivity index (χ1) is 7.94. The van der Waals surface area contributed by atoms with Gasteiger partial charge in [0, 0.05) is 5.75 Å². The van der Waals surface area contributed by atoms with E-state index >= 15 is 0 Å². The van der Waals surface area contributed by atoms with Crippen molar-refractivity contribution in [1.82, 2.24) is 0 Å². The maximum atomic E-state index is 11.8. The molecule has 1 aromatic rings. The van der Waals surface area contributed by atoms with E-state index in [1.54, 1.807) is 0 Å². The molecule has 0 saturated heterocycles. The lowest BCUT2D eigenvalue weighted by Gasteiger charge is -2.13. The standard InChI is InChI=1S/C8H9ClN2O3S3/c1-2-3-16(12)8-10-5-4-6(9)15-7(5)17(13,14)11-8/h4H,2-3H2,1H3,(H,10,11). The van der Waals surface area contributed by atoms with Gasteiger partial charge in [-0.2, -0.15) is 8.42 Å². The van der Waals surface area contributed by atoms with Gasteiger partial charge in [-0.3, -0.25) is 4.21 Å². The highest BCUT2D eigenvalue weighted by molar-refractivity contribution is 8.02. The molecule has 5 nitrogen and oxygen atoms in total. The Kier molecular flexibility index (Phi) is 3.58. The van der Waals surface area contributed by atoms with E-state index < -0.39 is 20.8 Å². The Morgan fingerprint density at radius 1 is 1.59 bits per heavy atom. The van der Waals surface area contributed by atoms with Gasteiger partial charge >= 0.3 is 0 Å². The third kappa shape index (κ3) is 2.54. The minimum absolute atomic E-state index is 0.0196. The minimum atomic E-state index is -3.77. The summed E-state index contributed by atoms with van der Waals surface area (Å²) in [5.41, 5.74) is 0.356. The molecule has 0 aliphatic carbocycles. The molecule has 1 aliphatic rings. The molecule has 0 aromatic carbocycles. The highest BCUT2D eigenvalue weighted by Gasteiger charge is 2.29. The van der Waals surface area contributed by atoms with Crippen LogP contribution in [0.15, 0.2) is 14.7 Å². The third-order valence-corrected chi connectivity index (χ3v) is 6.52. The van der Waals surface area contributed by atoms with Crippen LogP contribution in [0.4, 0.5) is 5.69 Å². The van der Waals surface area contributed by atoms with Gasteiger partial charge < -0.3 is 5.32 Å². The summed E-state index contributed by atoms with van der Waals surface area (Å²) in [5, 5.41) is 2.74. The average Bonchev–Trinajstić information content (AvgIpc) is 2.59. The minimum Gasteiger partial charge on any atom is -0.330 e. The van der Waals surface area contributed by atoms with Crippen LogP contribution in [0.25, 0.3) is 0 Å². The van der Waals surface area contributed by atoms with Crippen LogP contribution in [-0.4, -0.2) is 23.5 Å². The van der Waals surface area contributed by atoms with Gasteiger partial charge in [0.2, 0.25) is 5.17 Å². The van der Waals surface area contributed by atoms with Crippen LogP contribution in [-0.2, 0) is 20.8 Å². The normalized spacial score (nSPS) is 19.1. The Labute approximate surface area is 110 Å². The highest BCUT2D eigenvalue weighted by atomic mass is 35.5. The largest absolute Gasteiger partial charge is 0.330 e. The van der Waals surface area contributed by atoms with E-state index in [1.165, 1.54) is 6.07 Å². The predicted molar refractivity (Wildman–Crippen MR) is 70.9 cm³/mol. The number of nitrogens with zero attached hydrogens (tertiary/aromatic N) is 1. The summed E-state index contributed by atoms with van der Waals surface area (Å²) in [5.74, 6) is 0.370. The summed E-state index contributed by atoms with van der Waals surface area (Å²) >= 11 is 6.69. The van der Waals surface area contributed by atoms with Crippen LogP contribution in [0.1, 0.15) is 13.3 Å². The Bertz CT molecular complexity index is 606. The number of nitrogens with one attached hydrogen (secondary N) is 1. The lowest BCUT2D eigenvalue weighted by Crippen LogP contribution is -2.25. The van der Waals surface area contributed by atoms with Gasteiger partial charge in [0.25, 0.3) is 10.0 Å². The van der Waals surface area contributed by atoms with E-state index in [2.05, 4.69) is 9.71 Å². The van der Waals surface area contributed by atoms with E-state index in [4.69, 9.17) is 11.6 Å². The van der Waals surface area contributed by atoms with Crippen molar-refractivity contribution in [2.75, 3.05) is 11.1 Å². The molecular formula is C8H9ClN2O3S3. The molecule has 0 fully saturated rings. The number of halogens is 1. The fourth-order valence-corrected chi connectivity index (χ4v) is 5.30. The Morgan fingerprint density at radius 3 is 2.94 bits per heavy atom. The number of hydrogen-bond donors (Lipinski definition) is 1. The van der Waals surface area contributed by atoms with Crippen molar-refractivity contribution in [3.8, 4) is 0 Å². The average molecular weight is 313 g/mol. The quantitative estimate of drug-likeness (QED) is 0.906. The molecule has 0 radical (unpaired) electrons. The van der Waals surface area contributed by atoms with Gasteiger partial charge in [-0.1, -0.05) is 18.5 Å². The van der Waals surface area contributed by atoms with Crippen molar-refractivity contribution in [2.45, 2.75) is 17.6 Å². The monoisotopic (exact) mass is 312 g/mol. The van der Waals surface area contributed by atoms with Crippen LogP contribution in [0.3, 0.4) is 0 Å². The summed E-state index contributed by atoms with van der Waals surface area (Å²) in [6.07, 6.45) is 0.685. The summed E-state index contributed by atoms with van der Waals surface area (Å²) in [7, 11) is -5.20. The van der Waals surface area contributed by atoms with Gasteiger partial charge in [0.05, 0.1) is 20.8 Å². The van der Waals surface area contributed by atoms with Crippen LogP contribution < -0.4 is 5.32 Å². The van der Waals surface area contributed by atoms with Crippen LogP contribution in [0.2, 0.25) is 4.34 Å². The second-order valence-electron chi connectivity index (χ2n) is 3.30. The topological polar surface area (TPSA) is 75.6 Å². The highest BCUT2D eigenvalue weighted by Crippen LogP contribution is 2.38. The summed E-state index contributed by atoms with van der Waals surface area (Å²) in [6.45, 7) is 1.86. The van der Waals surface area contributed by atoms with Crippen LogP contribution >= 0.6 is 22.9 Å². The number of anilines is 1. The van der Waals surface area contributed by atoms with Crippen molar-refractivity contribution in [3.63, 3.8) is 0 Å². The molecule has 94 valence electrons. The first-order valence-corrected chi connectivity index (χ1v) is 8.69. The zero-order chi connectivity index (χ0) is 12.6. The van der Waals surface area contributed by atoms with Gasteiger partial charge in [-0.25, -0.2) is 0 Å². The zero-order valence-electron chi connectivity index (χ0n) is 8.77. The maximum absolute atomic E-state index is 11.8. The summed E-state index contributed by atoms with van der Waals surface area (Å²) < 4.78 is 39.3. The number of fused-ring (bicyclic) bond motifs is 1. The molecule has 2 heterocycles. The molecule has 0 bridgehead atoms. The number of rotatable bonds is 2. The van der Waals surface area contributed by atoms with Crippen LogP contribution in [0, 0.1) is 0 Å². The molecule has 1 N–H and O–H groups in total. The molecule has 0 spiro atoms. The fraction of sp³-hybridized carbons (Fsp3) is 0.375. The second kappa shape index (κ2) is 4.68. The lowest BCUT2D eigenvalue weighted by molar-refractivity contribution is 0.600. The van der Waals surface area contributed by atoms with E-state index in [0.29, 0.717) is 22.2 Å². The third-order valence-electron chi connectivity index (χ3n) is 1.95. The lowest BCUT2D eigenvalue weighted by atomic mass is 10.5. The molecular weight excluding hydrogens is 304 g/mol. The Balaban J connectivity index is 2.44. The van der Waals surface area contributed by atoms with Crippen molar-refractivity contribution in [2.24, 2.45) is 4.40 Å². The number of hydrogen-bond acceptors (Lipinski definition) is 5. The molecule has 1 unspecified atom stereocenters. The molecule has 1 atom stereocenters. The van der Waals surface area contributed by atoms with Gasteiger partial charge in [0.15, 0.2) is 4.21 Å². The smallest absolute Gasteiger partial charge is 0.296 e. The van der Waals surface area contributed by atoms with Crippen molar-refractivity contribution in [3.05, 3.63) is 10.4 Å². The van der Waals surface area contributed by atoms with Gasteiger partial charge in [-0.15, -0.1) is 15.7 Å². The summed E-state index contributed by atoms with van der Waals surface area (Å²) in [4.78, 5) is 0. The van der Waals surface area contributed by atoms with E-state index in [0.717, 1.165) is 11.3 Å². The number of thiophene rings is 1. The molecule has 0 saturated carbocycles. The van der Waals surface area contributed by atoms with Crippen molar-refractivity contribution in [1.29, 1.82) is 0 Å². The maximum Gasteiger partial charge on any atom is 0.296 e. The fourth-order valence-electron chi connectivity index (χ4n) is 1.29. The molecule has 2 rings (SSSR count). The zero-order valence-corrected chi connectivity index (χ0v) is 12.0. The predicted octanol–water partition coefficient (Wildman–Crippen LogP) is 2.03. The summed E-state index contributed by atoms with van der Waals surface area (Å²) in [6, 6.07) is 1.50.